The topological polar surface area (TPSA) is 72.6 Å². The number of methoxy groups -OCH3 is 1. The molecule has 5 nitrogen and oxygen atoms in total. The molecular weight excluding hydrogens is 256 g/mol. The van der Waals surface area contributed by atoms with Crippen LogP contribution in [0.2, 0.25) is 0 Å². The average molecular weight is 284 g/mol. The molecule has 1 atom stereocenters. The van der Waals surface area contributed by atoms with Gasteiger partial charge in [-0.05, 0) is 24.8 Å². The Morgan fingerprint density at radius 1 is 1.30 bits per heavy atom. The highest BCUT2D eigenvalue weighted by Gasteiger charge is 2.34. The summed E-state index contributed by atoms with van der Waals surface area (Å²) in [6, 6.07) is 0. The Morgan fingerprint density at radius 3 is 2.40 bits per heavy atom. The summed E-state index contributed by atoms with van der Waals surface area (Å²) in [5.41, 5.74) is 5.88. The Morgan fingerprint density at radius 2 is 1.90 bits per heavy atom. The lowest BCUT2D eigenvalue weighted by Gasteiger charge is -2.37. The van der Waals surface area contributed by atoms with Gasteiger partial charge >= 0.3 is 5.97 Å². The van der Waals surface area contributed by atoms with Gasteiger partial charge < -0.3 is 15.4 Å². The summed E-state index contributed by atoms with van der Waals surface area (Å²) in [6.07, 6.45) is 6.13. The SMILES string of the molecule is COC(=O)C(C)CN(C)C(=O)CC1(CN)CCCCC1. The molecule has 0 heterocycles. The molecule has 1 saturated carbocycles. The van der Waals surface area contributed by atoms with E-state index >= 15 is 0 Å². The van der Waals surface area contributed by atoms with Crippen LogP contribution in [0.25, 0.3) is 0 Å². The van der Waals surface area contributed by atoms with Crippen LogP contribution in [-0.2, 0) is 14.3 Å². The average Bonchev–Trinajstić information content (AvgIpc) is 2.47. The Hall–Kier alpha value is -1.10. The van der Waals surface area contributed by atoms with Gasteiger partial charge in [0.25, 0.3) is 0 Å². The molecule has 0 aromatic rings. The van der Waals surface area contributed by atoms with Gasteiger partial charge in [-0.1, -0.05) is 26.2 Å². The summed E-state index contributed by atoms with van der Waals surface area (Å²) in [4.78, 5) is 25.4. The van der Waals surface area contributed by atoms with E-state index in [1.165, 1.54) is 13.5 Å². The highest BCUT2D eigenvalue weighted by Crippen LogP contribution is 2.38. The van der Waals surface area contributed by atoms with Gasteiger partial charge in [-0.25, -0.2) is 0 Å². The molecule has 0 aromatic carbocycles. The van der Waals surface area contributed by atoms with Crippen LogP contribution in [0.3, 0.4) is 0 Å². The number of amides is 1. The van der Waals surface area contributed by atoms with Crippen LogP contribution in [0.15, 0.2) is 0 Å². The summed E-state index contributed by atoms with van der Waals surface area (Å²) in [7, 11) is 3.11. The zero-order valence-electron chi connectivity index (χ0n) is 13.0. The van der Waals surface area contributed by atoms with Crippen LogP contribution in [0.5, 0.6) is 0 Å². The van der Waals surface area contributed by atoms with Crippen molar-refractivity contribution < 1.29 is 14.3 Å². The third kappa shape index (κ3) is 4.47. The number of nitrogens with two attached hydrogens (primary N) is 1. The number of hydrogen-bond acceptors (Lipinski definition) is 4. The molecule has 1 fully saturated rings. The molecule has 0 aromatic heterocycles. The van der Waals surface area contributed by atoms with Crippen molar-refractivity contribution in [3.63, 3.8) is 0 Å². The Bertz CT molecular complexity index is 338. The molecule has 1 amide bonds. The van der Waals surface area contributed by atoms with Crippen LogP contribution in [0.4, 0.5) is 0 Å². The molecule has 0 spiro atoms. The number of hydrogen-bond donors (Lipinski definition) is 1. The molecule has 20 heavy (non-hydrogen) atoms. The van der Waals surface area contributed by atoms with Crippen molar-refractivity contribution in [2.24, 2.45) is 17.1 Å². The molecule has 1 aliphatic rings. The normalized spacial score (nSPS) is 19.2. The first-order valence-electron chi connectivity index (χ1n) is 7.46. The predicted octanol–water partition coefficient (Wildman–Crippen LogP) is 1.55. The van der Waals surface area contributed by atoms with Gasteiger partial charge in [-0.15, -0.1) is 0 Å². The third-order valence-corrected chi connectivity index (χ3v) is 4.45. The zero-order chi connectivity index (χ0) is 15.2. The lowest BCUT2D eigenvalue weighted by molar-refractivity contribution is -0.146. The second-order valence-corrected chi connectivity index (χ2v) is 6.14. The first-order valence-corrected chi connectivity index (χ1v) is 7.46. The fourth-order valence-corrected chi connectivity index (χ4v) is 3.00. The maximum atomic E-state index is 12.3. The summed E-state index contributed by atoms with van der Waals surface area (Å²) >= 11 is 0. The van der Waals surface area contributed by atoms with Crippen LogP contribution < -0.4 is 5.73 Å². The van der Waals surface area contributed by atoms with E-state index in [0.717, 1.165) is 25.7 Å². The van der Waals surface area contributed by atoms with Crippen molar-refractivity contribution in [3.8, 4) is 0 Å². The maximum absolute atomic E-state index is 12.3. The summed E-state index contributed by atoms with van der Waals surface area (Å²) in [6.45, 7) is 2.74. The molecule has 1 unspecified atom stereocenters. The quantitative estimate of drug-likeness (QED) is 0.751. The number of carbonyl (C=O) groups excluding carboxylic acids is 2. The van der Waals surface area contributed by atoms with Gasteiger partial charge in [0.1, 0.15) is 0 Å². The largest absolute Gasteiger partial charge is 0.469 e. The highest BCUT2D eigenvalue weighted by molar-refractivity contribution is 5.78. The standard InChI is InChI=1S/C15H28N2O3/c1-12(14(19)20-3)10-17(2)13(18)9-15(11-16)7-5-4-6-8-15/h12H,4-11,16H2,1-3H3. The minimum atomic E-state index is -0.297. The van der Waals surface area contributed by atoms with Gasteiger partial charge in [-0.3, -0.25) is 9.59 Å². The van der Waals surface area contributed by atoms with Crippen LogP contribution >= 0.6 is 0 Å². The van der Waals surface area contributed by atoms with Crippen molar-refractivity contribution in [1.82, 2.24) is 4.90 Å². The molecule has 2 N–H and O–H groups in total. The number of nitrogens with zero attached hydrogens (tertiary/aromatic N) is 1. The van der Waals surface area contributed by atoms with Crippen LogP contribution in [-0.4, -0.2) is 44.0 Å². The summed E-state index contributed by atoms with van der Waals surface area (Å²) in [5, 5.41) is 0. The van der Waals surface area contributed by atoms with E-state index in [2.05, 4.69) is 4.74 Å². The second kappa shape index (κ2) is 7.62. The monoisotopic (exact) mass is 284 g/mol. The molecule has 5 heteroatoms. The lowest BCUT2D eigenvalue weighted by Crippen LogP contribution is -2.41. The Kier molecular flexibility index (Phi) is 6.46. The number of esters is 1. The Balaban J connectivity index is 2.53. The van der Waals surface area contributed by atoms with Crippen molar-refractivity contribution in [3.05, 3.63) is 0 Å². The van der Waals surface area contributed by atoms with E-state index < -0.39 is 0 Å². The molecule has 1 rings (SSSR count). The van der Waals surface area contributed by atoms with Gasteiger partial charge in [0.2, 0.25) is 5.91 Å². The summed E-state index contributed by atoms with van der Waals surface area (Å²) < 4.78 is 4.69. The zero-order valence-corrected chi connectivity index (χ0v) is 13.0. The maximum Gasteiger partial charge on any atom is 0.310 e. The van der Waals surface area contributed by atoms with Crippen molar-refractivity contribution in [2.75, 3.05) is 27.2 Å². The van der Waals surface area contributed by atoms with Crippen molar-refractivity contribution in [2.45, 2.75) is 45.4 Å². The highest BCUT2D eigenvalue weighted by atomic mass is 16.5. The molecule has 0 aliphatic heterocycles. The molecule has 0 bridgehead atoms. The van der Waals surface area contributed by atoms with E-state index in [-0.39, 0.29) is 23.2 Å². The van der Waals surface area contributed by atoms with E-state index in [9.17, 15) is 9.59 Å². The van der Waals surface area contributed by atoms with Gasteiger partial charge in [0, 0.05) is 20.0 Å². The van der Waals surface area contributed by atoms with E-state index in [1.807, 2.05) is 0 Å². The fraction of sp³-hybridized carbons (Fsp3) is 0.867. The molecule has 1 aliphatic carbocycles. The summed E-state index contributed by atoms with van der Waals surface area (Å²) in [5.74, 6) is -0.502. The van der Waals surface area contributed by atoms with Gasteiger partial charge in [0.05, 0.1) is 13.0 Å². The molecular formula is C15H28N2O3. The third-order valence-electron chi connectivity index (χ3n) is 4.45. The fourth-order valence-electron chi connectivity index (χ4n) is 3.00. The molecule has 116 valence electrons. The van der Waals surface area contributed by atoms with Crippen molar-refractivity contribution >= 4 is 11.9 Å². The first kappa shape index (κ1) is 17.0. The van der Waals surface area contributed by atoms with Gasteiger partial charge in [-0.2, -0.15) is 0 Å². The minimum absolute atomic E-state index is 0.0297. The van der Waals surface area contributed by atoms with E-state index in [4.69, 9.17) is 5.73 Å². The number of ether oxygens (including phenoxy) is 1. The van der Waals surface area contributed by atoms with E-state index in [1.54, 1.807) is 18.9 Å². The van der Waals surface area contributed by atoms with Crippen molar-refractivity contribution in [1.29, 1.82) is 0 Å². The predicted molar refractivity (Wildman–Crippen MR) is 78.0 cm³/mol. The lowest BCUT2D eigenvalue weighted by atomic mass is 9.71. The molecule has 0 radical (unpaired) electrons. The van der Waals surface area contributed by atoms with Crippen LogP contribution in [0.1, 0.15) is 45.4 Å². The van der Waals surface area contributed by atoms with Gasteiger partial charge in [0.15, 0.2) is 0 Å². The number of rotatable bonds is 6. The first-order chi connectivity index (χ1) is 9.44. The Labute approximate surface area is 121 Å². The molecule has 0 saturated heterocycles. The smallest absolute Gasteiger partial charge is 0.310 e. The second-order valence-electron chi connectivity index (χ2n) is 6.14. The minimum Gasteiger partial charge on any atom is -0.469 e. The number of carbonyl (C=O) groups is 2. The van der Waals surface area contributed by atoms with Crippen LogP contribution in [0, 0.1) is 11.3 Å². The van der Waals surface area contributed by atoms with E-state index in [0.29, 0.717) is 19.5 Å².